The topological polar surface area (TPSA) is 18.5 Å². The maximum atomic E-state index is 5.82. The van der Waals surface area contributed by atoms with Crippen molar-refractivity contribution in [1.29, 1.82) is 0 Å². The summed E-state index contributed by atoms with van der Waals surface area (Å²) in [6.07, 6.45) is 7.99. The molecule has 20 heavy (non-hydrogen) atoms. The summed E-state index contributed by atoms with van der Waals surface area (Å²) in [4.78, 5) is 0. The first-order chi connectivity index (χ1) is 9.90. The van der Waals surface area contributed by atoms with Crippen LogP contribution in [0.25, 0.3) is 0 Å². The molecule has 0 unspecified atom stereocenters. The molecule has 100 valence electrons. The summed E-state index contributed by atoms with van der Waals surface area (Å²) in [7, 11) is 0. The molecule has 3 rings (SSSR count). The van der Waals surface area contributed by atoms with Crippen LogP contribution in [0.4, 0.5) is 0 Å². The molecular weight excluding hydrogens is 248 g/mol. The summed E-state index contributed by atoms with van der Waals surface area (Å²) in [6.45, 7) is 0. The van der Waals surface area contributed by atoms with Crippen molar-refractivity contribution in [3.05, 3.63) is 85.0 Å². The highest BCUT2D eigenvalue weighted by Crippen LogP contribution is 2.17. The first-order valence-electron chi connectivity index (χ1n) is 6.70. The third kappa shape index (κ3) is 3.29. The van der Waals surface area contributed by atoms with Gasteiger partial charge in [0.2, 0.25) is 0 Å². The molecule has 0 spiro atoms. The van der Waals surface area contributed by atoms with Crippen molar-refractivity contribution < 1.29 is 9.47 Å². The van der Waals surface area contributed by atoms with Crippen LogP contribution in [0.15, 0.2) is 85.0 Å². The molecule has 2 nitrogen and oxygen atoms in total. The lowest BCUT2D eigenvalue weighted by Gasteiger charge is -2.19. The second kappa shape index (κ2) is 6.11. The number of ether oxygens (including phenoxy) is 2. The van der Waals surface area contributed by atoms with Crippen LogP contribution < -0.4 is 9.47 Å². The van der Waals surface area contributed by atoms with Gasteiger partial charge in [-0.25, -0.2) is 0 Å². The Kier molecular flexibility index (Phi) is 3.83. The van der Waals surface area contributed by atoms with Crippen LogP contribution in [-0.2, 0) is 0 Å². The van der Waals surface area contributed by atoms with Gasteiger partial charge in [0, 0.05) is 0 Å². The second-order valence-corrected chi connectivity index (χ2v) is 4.56. The van der Waals surface area contributed by atoms with Crippen molar-refractivity contribution in [3.63, 3.8) is 0 Å². The Labute approximate surface area is 119 Å². The summed E-state index contributed by atoms with van der Waals surface area (Å²) in [6, 6.07) is 19.6. The zero-order valence-electron chi connectivity index (χ0n) is 11.1. The van der Waals surface area contributed by atoms with E-state index in [1.54, 1.807) is 0 Å². The fourth-order valence-electron chi connectivity index (χ4n) is 2.04. The van der Waals surface area contributed by atoms with Gasteiger partial charge in [0.05, 0.1) is 0 Å². The van der Waals surface area contributed by atoms with Crippen LogP contribution in [0.1, 0.15) is 0 Å². The van der Waals surface area contributed by atoms with E-state index in [4.69, 9.17) is 9.47 Å². The van der Waals surface area contributed by atoms with Crippen molar-refractivity contribution in [2.24, 2.45) is 0 Å². The summed E-state index contributed by atoms with van der Waals surface area (Å²) in [5.74, 6) is 1.74. The molecule has 0 amide bonds. The smallest absolute Gasteiger partial charge is 0.135 e. The molecule has 0 heterocycles. The minimum absolute atomic E-state index is 0.0342. The molecule has 0 saturated carbocycles. The maximum absolute atomic E-state index is 5.82. The number of hydrogen-bond acceptors (Lipinski definition) is 2. The highest BCUT2D eigenvalue weighted by Gasteiger charge is 2.11. The molecule has 0 fully saturated rings. The molecule has 0 bridgehead atoms. The zero-order chi connectivity index (χ0) is 13.6. The van der Waals surface area contributed by atoms with E-state index in [0.29, 0.717) is 0 Å². The van der Waals surface area contributed by atoms with Gasteiger partial charge in [0.1, 0.15) is 23.7 Å². The van der Waals surface area contributed by atoms with E-state index in [0.717, 1.165) is 11.5 Å². The molecular formula is C18H16O2. The van der Waals surface area contributed by atoms with Crippen LogP contribution >= 0.6 is 0 Å². The van der Waals surface area contributed by atoms with Gasteiger partial charge >= 0.3 is 0 Å². The van der Waals surface area contributed by atoms with E-state index >= 15 is 0 Å². The van der Waals surface area contributed by atoms with Gasteiger partial charge in [-0.2, -0.15) is 0 Å². The van der Waals surface area contributed by atoms with Crippen molar-refractivity contribution in [2.45, 2.75) is 12.2 Å². The molecule has 0 N–H and O–H groups in total. The zero-order valence-corrected chi connectivity index (χ0v) is 11.1. The minimum atomic E-state index is -0.0342. The van der Waals surface area contributed by atoms with Crippen LogP contribution in [0.3, 0.4) is 0 Å². The van der Waals surface area contributed by atoms with Gasteiger partial charge in [-0.05, 0) is 48.6 Å². The third-order valence-electron chi connectivity index (χ3n) is 3.01. The fourth-order valence-corrected chi connectivity index (χ4v) is 2.04. The summed E-state index contributed by atoms with van der Waals surface area (Å²) in [5.41, 5.74) is 0. The minimum Gasteiger partial charge on any atom is -0.482 e. The van der Waals surface area contributed by atoms with Crippen LogP contribution in [0, 0.1) is 0 Å². The lowest BCUT2D eigenvalue weighted by Crippen LogP contribution is -2.19. The Bertz CT molecular complexity index is 520. The van der Waals surface area contributed by atoms with E-state index < -0.39 is 0 Å². The number of benzene rings is 2. The Morgan fingerprint density at radius 2 is 0.850 bits per heavy atom. The number of hydrogen-bond donors (Lipinski definition) is 0. The van der Waals surface area contributed by atoms with Crippen LogP contribution in [0.5, 0.6) is 11.5 Å². The van der Waals surface area contributed by atoms with Gasteiger partial charge in [-0.15, -0.1) is 0 Å². The average molecular weight is 264 g/mol. The quantitative estimate of drug-likeness (QED) is 0.777. The Balaban J connectivity index is 1.57. The normalized spacial score (nSPS) is 20.6. The van der Waals surface area contributed by atoms with Gasteiger partial charge < -0.3 is 9.47 Å². The standard InChI is InChI=1S/C18H16O2/c1-3-7-15(8-4-1)19-17-11-13-18(14-12-17)20-16-9-5-2-6-10-16/h1-14,17-18H. The first kappa shape index (κ1) is 12.5. The summed E-state index contributed by atoms with van der Waals surface area (Å²) >= 11 is 0. The molecule has 1 aliphatic carbocycles. The van der Waals surface area contributed by atoms with Crippen LogP contribution in [0.2, 0.25) is 0 Å². The average Bonchev–Trinajstić information content (AvgIpc) is 2.51. The SMILES string of the molecule is C1=CC(Oc2ccccc2)C=CC1Oc1ccccc1. The predicted molar refractivity (Wildman–Crippen MR) is 80.0 cm³/mol. The van der Waals surface area contributed by atoms with E-state index in [2.05, 4.69) is 0 Å². The molecule has 2 heteroatoms. The Hall–Kier alpha value is -2.48. The lowest BCUT2D eigenvalue weighted by molar-refractivity contribution is 0.266. The fraction of sp³-hybridized carbons (Fsp3) is 0.111. The second-order valence-electron chi connectivity index (χ2n) is 4.56. The number of rotatable bonds is 4. The molecule has 2 aromatic carbocycles. The van der Waals surface area contributed by atoms with Gasteiger partial charge in [0.25, 0.3) is 0 Å². The van der Waals surface area contributed by atoms with Crippen molar-refractivity contribution in [3.8, 4) is 11.5 Å². The van der Waals surface area contributed by atoms with E-state index in [1.807, 2.05) is 85.0 Å². The van der Waals surface area contributed by atoms with Crippen molar-refractivity contribution >= 4 is 0 Å². The lowest BCUT2D eigenvalue weighted by atomic mass is 10.1. The van der Waals surface area contributed by atoms with Gasteiger partial charge in [-0.1, -0.05) is 36.4 Å². The first-order valence-corrected chi connectivity index (χ1v) is 6.70. The molecule has 0 radical (unpaired) electrons. The highest BCUT2D eigenvalue weighted by molar-refractivity contribution is 5.27. The Morgan fingerprint density at radius 1 is 0.500 bits per heavy atom. The van der Waals surface area contributed by atoms with E-state index in [-0.39, 0.29) is 12.2 Å². The van der Waals surface area contributed by atoms with Crippen LogP contribution in [-0.4, -0.2) is 12.2 Å². The summed E-state index contributed by atoms with van der Waals surface area (Å²) in [5, 5.41) is 0. The van der Waals surface area contributed by atoms with Crippen molar-refractivity contribution in [1.82, 2.24) is 0 Å². The molecule has 1 aliphatic rings. The monoisotopic (exact) mass is 264 g/mol. The molecule has 0 saturated heterocycles. The molecule has 0 aromatic heterocycles. The summed E-state index contributed by atoms with van der Waals surface area (Å²) < 4.78 is 11.6. The van der Waals surface area contributed by atoms with Gasteiger partial charge in [-0.3, -0.25) is 0 Å². The molecule has 0 aliphatic heterocycles. The molecule has 2 aromatic rings. The maximum Gasteiger partial charge on any atom is 0.135 e. The Morgan fingerprint density at radius 3 is 1.20 bits per heavy atom. The van der Waals surface area contributed by atoms with E-state index in [9.17, 15) is 0 Å². The predicted octanol–water partition coefficient (Wildman–Crippen LogP) is 4.01. The molecule has 0 atom stereocenters. The van der Waals surface area contributed by atoms with Crippen molar-refractivity contribution in [2.75, 3.05) is 0 Å². The largest absolute Gasteiger partial charge is 0.482 e. The highest BCUT2D eigenvalue weighted by atomic mass is 16.5. The number of para-hydroxylation sites is 2. The third-order valence-corrected chi connectivity index (χ3v) is 3.01. The van der Waals surface area contributed by atoms with Gasteiger partial charge in [0.15, 0.2) is 0 Å². The van der Waals surface area contributed by atoms with E-state index in [1.165, 1.54) is 0 Å².